The zero-order valence-electron chi connectivity index (χ0n) is 15.0. The average molecular weight is 407 g/mol. The summed E-state index contributed by atoms with van der Waals surface area (Å²) in [5, 5.41) is 21.9. The summed E-state index contributed by atoms with van der Waals surface area (Å²) in [5.74, 6) is -0.642. The van der Waals surface area contributed by atoms with E-state index in [2.05, 4.69) is 15.5 Å². The Labute approximate surface area is 163 Å². The van der Waals surface area contributed by atoms with Crippen LogP contribution in [0.3, 0.4) is 0 Å². The van der Waals surface area contributed by atoms with E-state index in [9.17, 15) is 19.3 Å². The molecule has 0 bridgehead atoms. The van der Waals surface area contributed by atoms with Crippen LogP contribution < -0.4 is 5.32 Å². The first-order valence-electron chi connectivity index (χ1n) is 8.23. The van der Waals surface area contributed by atoms with Gasteiger partial charge in [-0.3, -0.25) is 24.3 Å². The molecule has 11 heteroatoms. The van der Waals surface area contributed by atoms with Gasteiger partial charge in [0.25, 0.3) is 0 Å². The molecule has 1 atom stereocenters. The van der Waals surface area contributed by atoms with E-state index < -0.39 is 22.7 Å². The molecule has 1 aromatic carbocycles. The summed E-state index contributed by atoms with van der Waals surface area (Å²) in [4.78, 5) is 22.8. The molecule has 0 saturated carbocycles. The van der Waals surface area contributed by atoms with E-state index in [1.807, 2.05) is 0 Å². The second kappa shape index (κ2) is 7.77. The van der Waals surface area contributed by atoms with Crippen LogP contribution in [0.1, 0.15) is 24.2 Å². The highest BCUT2D eigenvalue weighted by Gasteiger charge is 2.24. The number of carbonyl (C=O) groups excluding carboxylic acids is 1. The minimum Gasteiger partial charge on any atom is -0.307 e. The van der Waals surface area contributed by atoms with Gasteiger partial charge in [-0.05, 0) is 26.0 Å². The predicted molar refractivity (Wildman–Crippen MR) is 99.7 cm³/mol. The Hall–Kier alpha value is -3.27. The Morgan fingerprint density at radius 2 is 2.18 bits per heavy atom. The molecule has 0 aliphatic carbocycles. The highest BCUT2D eigenvalue weighted by atomic mass is 35.5. The molecule has 1 N–H and O–H groups in total. The molecule has 2 heterocycles. The quantitative estimate of drug-likeness (QED) is 0.499. The molecule has 0 fully saturated rings. The lowest BCUT2D eigenvalue weighted by Gasteiger charge is -2.12. The van der Waals surface area contributed by atoms with Gasteiger partial charge in [0.1, 0.15) is 23.7 Å². The van der Waals surface area contributed by atoms with Crippen LogP contribution in [0.15, 0.2) is 36.7 Å². The second-order valence-corrected chi connectivity index (χ2v) is 6.49. The van der Waals surface area contributed by atoms with Gasteiger partial charge in [-0.2, -0.15) is 10.2 Å². The van der Waals surface area contributed by atoms with Crippen molar-refractivity contribution in [1.82, 2.24) is 19.6 Å². The van der Waals surface area contributed by atoms with E-state index in [0.29, 0.717) is 0 Å². The highest BCUT2D eigenvalue weighted by Crippen LogP contribution is 2.22. The number of amides is 1. The molecule has 0 radical (unpaired) electrons. The van der Waals surface area contributed by atoms with Gasteiger partial charge in [0.15, 0.2) is 5.82 Å². The van der Waals surface area contributed by atoms with Crippen molar-refractivity contribution in [3.8, 4) is 0 Å². The first-order chi connectivity index (χ1) is 13.3. The normalized spacial score (nSPS) is 12.0. The van der Waals surface area contributed by atoms with E-state index in [1.54, 1.807) is 25.3 Å². The highest BCUT2D eigenvalue weighted by molar-refractivity contribution is 6.31. The van der Waals surface area contributed by atoms with Gasteiger partial charge in [-0.1, -0.05) is 17.7 Å². The lowest BCUT2D eigenvalue weighted by molar-refractivity contribution is -0.385. The lowest BCUT2D eigenvalue weighted by atomic mass is 10.2. The molecule has 0 saturated heterocycles. The molecule has 146 valence electrons. The van der Waals surface area contributed by atoms with E-state index in [0.717, 1.165) is 6.20 Å². The van der Waals surface area contributed by atoms with Crippen LogP contribution >= 0.6 is 11.6 Å². The number of rotatable bonds is 6. The van der Waals surface area contributed by atoms with Gasteiger partial charge >= 0.3 is 5.69 Å². The van der Waals surface area contributed by atoms with Gasteiger partial charge in [0.05, 0.1) is 11.5 Å². The van der Waals surface area contributed by atoms with Crippen molar-refractivity contribution in [2.75, 3.05) is 5.32 Å². The van der Waals surface area contributed by atoms with Crippen molar-refractivity contribution in [1.29, 1.82) is 0 Å². The third-order valence-electron chi connectivity index (χ3n) is 4.24. The molecule has 3 aromatic rings. The molecule has 0 aliphatic heterocycles. The molecular weight excluding hydrogens is 391 g/mol. The number of nitrogens with zero attached hydrogens (tertiary/aromatic N) is 5. The molecule has 0 aliphatic rings. The van der Waals surface area contributed by atoms with Crippen LogP contribution in [0.5, 0.6) is 0 Å². The SMILES string of the molecule is Cc1c([N+](=O)[O-])cnn1C(C)C(=O)Nc1ccn(Cc2c(F)cccc2Cl)n1. The van der Waals surface area contributed by atoms with Crippen LogP contribution in [-0.2, 0) is 11.3 Å². The monoisotopic (exact) mass is 406 g/mol. The Kier molecular flexibility index (Phi) is 5.41. The maximum atomic E-state index is 13.9. The van der Waals surface area contributed by atoms with Crippen LogP contribution in [-0.4, -0.2) is 30.4 Å². The fraction of sp³-hybridized carbons (Fsp3) is 0.235. The Morgan fingerprint density at radius 1 is 1.43 bits per heavy atom. The van der Waals surface area contributed by atoms with Crippen molar-refractivity contribution in [3.63, 3.8) is 0 Å². The van der Waals surface area contributed by atoms with Crippen LogP contribution in [0.25, 0.3) is 0 Å². The smallest absolute Gasteiger partial charge is 0.307 e. The third kappa shape index (κ3) is 3.86. The van der Waals surface area contributed by atoms with Crippen molar-refractivity contribution in [2.45, 2.75) is 26.4 Å². The number of aromatic nitrogens is 4. The number of anilines is 1. The molecule has 0 spiro atoms. The number of nitro groups is 1. The molecule has 2 aromatic heterocycles. The summed E-state index contributed by atoms with van der Waals surface area (Å²) in [6.07, 6.45) is 2.68. The number of benzene rings is 1. The summed E-state index contributed by atoms with van der Waals surface area (Å²) in [6, 6.07) is 5.16. The molecule has 9 nitrogen and oxygen atoms in total. The van der Waals surface area contributed by atoms with Gasteiger partial charge in [-0.15, -0.1) is 0 Å². The molecule has 1 amide bonds. The molecule has 1 unspecified atom stereocenters. The van der Waals surface area contributed by atoms with Crippen molar-refractivity contribution in [3.05, 3.63) is 68.9 Å². The number of hydrogen-bond donors (Lipinski definition) is 1. The van der Waals surface area contributed by atoms with Crippen molar-refractivity contribution < 1.29 is 14.1 Å². The summed E-state index contributed by atoms with van der Waals surface area (Å²) < 4.78 is 16.6. The average Bonchev–Trinajstić information content (AvgIpc) is 3.24. The Morgan fingerprint density at radius 3 is 2.82 bits per heavy atom. The van der Waals surface area contributed by atoms with Crippen LogP contribution in [0.4, 0.5) is 15.9 Å². The minimum absolute atomic E-state index is 0.0986. The van der Waals surface area contributed by atoms with Crippen molar-refractivity contribution >= 4 is 29.0 Å². The Balaban J connectivity index is 1.71. The number of nitrogens with one attached hydrogen (secondary N) is 1. The minimum atomic E-state index is -0.792. The van der Waals surface area contributed by atoms with Crippen molar-refractivity contribution in [2.24, 2.45) is 0 Å². The second-order valence-electron chi connectivity index (χ2n) is 6.08. The summed E-state index contributed by atoms with van der Waals surface area (Å²) in [6.45, 7) is 3.18. The maximum absolute atomic E-state index is 13.9. The summed E-state index contributed by atoms with van der Waals surface area (Å²) in [5.41, 5.74) is 0.399. The molecular formula is C17H16ClFN6O3. The van der Waals surface area contributed by atoms with Crippen LogP contribution in [0, 0.1) is 22.9 Å². The van der Waals surface area contributed by atoms with E-state index in [4.69, 9.17) is 11.6 Å². The van der Waals surface area contributed by atoms with Crippen LogP contribution in [0.2, 0.25) is 5.02 Å². The van der Waals surface area contributed by atoms with Gasteiger partial charge in [-0.25, -0.2) is 4.39 Å². The van der Waals surface area contributed by atoms with Gasteiger partial charge < -0.3 is 5.32 Å². The fourth-order valence-electron chi connectivity index (χ4n) is 2.69. The van der Waals surface area contributed by atoms with Gasteiger partial charge in [0, 0.05) is 22.8 Å². The fourth-order valence-corrected chi connectivity index (χ4v) is 2.91. The third-order valence-corrected chi connectivity index (χ3v) is 4.59. The number of carbonyl (C=O) groups is 1. The molecule has 28 heavy (non-hydrogen) atoms. The Bertz CT molecular complexity index is 1030. The van der Waals surface area contributed by atoms with E-state index in [1.165, 1.54) is 28.4 Å². The van der Waals surface area contributed by atoms with E-state index in [-0.39, 0.29) is 34.3 Å². The number of halogens is 2. The topological polar surface area (TPSA) is 108 Å². The summed E-state index contributed by atoms with van der Waals surface area (Å²) in [7, 11) is 0. The van der Waals surface area contributed by atoms with E-state index >= 15 is 0 Å². The lowest BCUT2D eigenvalue weighted by Crippen LogP contribution is -2.25. The predicted octanol–water partition coefficient (Wildman–Crippen LogP) is 3.34. The summed E-state index contributed by atoms with van der Waals surface area (Å²) >= 11 is 6.01. The maximum Gasteiger partial charge on any atom is 0.309 e. The first kappa shape index (κ1) is 19.5. The standard InChI is InChI=1S/C17H16ClFN6O3/c1-10-15(25(27)28)8-20-24(10)11(2)17(26)21-16-6-7-23(22-16)9-12-13(18)4-3-5-14(12)19/h3-8,11H,9H2,1-2H3,(H,21,22,26). The first-order valence-corrected chi connectivity index (χ1v) is 8.61. The zero-order valence-corrected chi connectivity index (χ0v) is 15.7. The number of hydrogen-bond acceptors (Lipinski definition) is 5. The zero-order chi connectivity index (χ0) is 20.4. The molecule has 3 rings (SSSR count). The van der Waals surface area contributed by atoms with Gasteiger partial charge in [0.2, 0.25) is 5.91 Å². The largest absolute Gasteiger partial charge is 0.309 e.